The summed E-state index contributed by atoms with van der Waals surface area (Å²) in [4.78, 5) is 0. The second kappa shape index (κ2) is 3.10. The van der Waals surface area contributed by atoms with Crippen molar-refractivity contribution in [2.45, 2.75) is 53.4 Å². The molecule has 0 saturated heterocycles. The van der Waals surface area contributed by atoms with E-state index in [1.54, 1.807) is 11.1 Å². The van der Waals surface area contributed by atoms with Crippen LogP contribution in [0.3, 0.4) is 0 Å². The molecule has 0 aliphatic heterocycles. The number of hydrogen-bond donors (Lipinski definition) is 0. The Hall–Kier alpha value is -0.300. The third-order valence-electron chi connectivity index (χ3n) is 3.59. The van der Waals surface area contributed by atoms with Crippen LogP contribution >= 0.6 is 11.3 Å². The quantitative estimate of drug-likeness (QED) is 0.578. The molecule has 2 unspecified atom stereocenters. The van der Waals surface area contributed by atoms with Crippen LogP contribution in [-0.4, -0.2) is 0 Å². The second-order valence-corrected chi connectivity index (χ2v) is 7.71. The highest BCUT2D eigenvalue weighted by atomic mass is 32.1. The van der Waals surface area contributed by atoms with Gasteiger partial charge in [-0.25, -0.2) is 0 Å². The molecule has 2 atom stereocenters. The summed E-state index contributed by atoms with van der Waals surface area (Å²) in [7, 11) is 0. The molecule has 0 aromatic carbocycles. The van der Waals surface area contributed by atoms with E-state index in [9.17, 15) is 0 Å². The third kappa shape index (κ3) is 1.65. The highest BCUT2D eigenvalue weighted by Crippen LogP contribution is 2.62. The van der Waals surface area contributed by atoms with Gasteiger partial charge < -0.3 is 0 Å². The molecule has 1 aromatic heterocycles. The van der Waals surface area contributed by atoms with Crippen LogP contribution in [0.15, 0.2) is 10.8 Å². The molecule has 84 valence electrons. The van der Waals surface area contributed by atoms with Gasteiger partial charge in [-0.05, 0) is 44.6 Å². The standard InChI is InChI=1S/C14H22S/c1-13(2,3)11-9-7-15-8-10(9)12(11)14(4,5)6/h7-8,11-12H,1-6H3. The first-order chi connectivity index (χ1) is 6.73. The average Bonchev–Trinajstić information content (AvgIpc) is 2.26. The van der Waals surface area contributed by atoms with Gasteiger partial charge in [-0.3, -0.25) is 0 Å². The zero-order valence-electron chi connectivity index (χ0n) is 10.7. The fourth-order valence-electron chi connectivity index (χ4n) is 3.02. The van der Waals surface area contributed by atoms with Crippen LogP contribution in [-0.2, 0) is 0 Å². The molecule has 0 bridgehead atoms. The maximum absolute atomic E-state index is 2.37. The summed E-state index contributed by atoms with van der Waals surface area (Å²) in [5.74, 6) is 1.50. The van der Waals surface area contributed by atoms with Crippen molar-refractivity contribution in [2.75, 3.05) is 0 Å². The Labute approximate surface area is 97.7 Å². The van der Waals surface area contributed by atoms with Crippen LogP contribution in [0.2, 0.25) is 0 Å². The van der Waals surface area contributed by atoms with E-state index in [1.807, 2.05) is 11.3 Å². The molecule has 2 rings (SSSR count). The Balaban J connectivity index is 2.42. The fraction of sp³-hybridized carbons (Fsp3) is 0.714. The lowest BCUT2D eigenvalue weighted by Gasteiger charge is -2.51. The predicted octanol–water partition coefficient (Wildman–Crippen LogP) is 5.02. The zero-order chi connectivity index (χ0) is 11.4. The van der Waals surface area contributed by atoms with E-state index in [0.29, 0.717) is 10.8 Å². The molecule has 0 N–H and O–H groups in total. The minimum Gasteiger partial charge on any atom is -0.152 e. The van der Waals surface area contributed by atoms with Crippen LogP contribution in [0.4, 0.5) is 0 Å². The van der Waals surface area contributed by atoms with Crippen molar-refractivity contribution in [3.63, 3.8) is 0 Å². The Bertz CT molecular complexity index is 325. The van der Waals surface area contributed by atoms with Crippen molar-refractivity contribution in [1.29, 1.82) is 0 Å². The number of fused-ring (bicyclic) bond motifs is 1. The summed E-state index contributed by atoms with van der Waals surface area (Å²) in [6.45, 7) is 14.2. The molecular formula is C14H22S. The molecule has 0 radical (unpaired) electrons. The SMILES string of the molecule is CC(C)(C)C1c2cscc2C1C(C)(C)C. The van der Waals surface area contributed by atoms with E-state index in [-0.39, 0.29) is 0 Å². The molecule has 0 nitrogen and oxygen atoms in total. The largest absolute Gasteiger partial charge is 0.152 e. The first kappa shape index (κ1) is 11.2. The lowest BCUT2D eigenvalue weighted by Crippen LogP contribution is -2.39. The van der Waals surface area contributed by atoms with E-state index in [2.05, 4.69) is 52.3 Å². The minimum atomic E-state index is 0.395. The number of hydrogen-bond acceptors (Lipinski definition) is 1. The van der Waals surface area contributed by atoms with Crippen molar-refractivity contribution in [2.24, 2.45) is 10.8 Å². The van der Waals surface area contributed by atoms with Gasteiger partial charge in [0, 0.05) is 0 Å². The van der Waals surface area contributed by atoms with E-state index in [1.165, 1.54) is 0 Å². The Morgan fingerprint density at radius 3 is 1.40 bits per heavy atom. The Morgan fingerprint density at radius 1 is 0.800 bits per heavy atom. The second-order valence-electron chi connectivity index (χ2n) is 6.97. The van der Waals surface area contributed by atoms with Crippen molar-refractivity contribution in [1.82, 2.24) is 0 Å². The van der Waals surface area contributed by atoms with Crippen molar-refractivity contribution in [3.8, 4) is 0 Å². The van der Waals surface area contributed by atoms with Crippen molar-refractivity contribution >= 4 is 11.3 Å². The van der Waals surface area contributed by atoms with Crippen LogP contribution < -0.4 is 0 Å². The summed E-state index contributed by atoms with van der Waals surface area (Å²) in [6, 6.07) is 0. The first-order valence-corrected chi connectivity index (χ1v) is 6.73. The lowest BCUT2D eigenvalue weighted by molar-refractivity contribution is 0.156. The van der Waals surface area contributed by atoms with Crippen LogP contribution in [0, 0.1) is 10.8 Å². The molecule has 1 heterocycles. The summed E-state index contributed by atoms with van der Waals surface area (Å²) in [6.07, 6.45) is 0. The molecule has 15 heavy (non-hydrogen) atoms. The Morgan fingerprint density at radius 2 is 1.13 bits per heavy atom. The fourth-order valence-corrected chi connectivity index (χ4v) is 3.94. The Kier molecular flexibility index (Phi) is 2.31. The summed E-state index contributed by atoms with van der Waals surface area (Å²) < 4.78 is 0. The monoisotopic (exact) mass is 222 g/mol. The molecule has 1 aliphatic rings. The summed E-state index contributed by atoms with van der Waals surface area (Å²) in [5.41, 5.74) is 4.03. The van der Waals surface area contributed by atoms with Gasteiger partial charge in [0.2, 0.25) is 0 Å². The van der Waals surface area contributed by atoms with E-state index < -0.39 is 0 Å². The van der Waals surface area contributed by atoms with Gasteiger partial charge in [-0.15, -0.1) is 0 Å². The topological polar surface area (TPSA) is 0 Å². The lowest BCUT2D eigenvalue weighted by atomic mass is 9.52. The van der Waals surface area contributed by atoms with Gasteiger partial charge in [0.1, 0.15) is 0 Å². The van der Waals surface area contributed by atoms with E-state index >= 15 is 0 Å². The maximum atomic E-state index is 2.37. The maximum Gasteiger partial charge on any atom is -0.00279 e. The van der Waals surface area contributed by atoms with Crippen LogP contribution in [0.25, 0.3) is 0 Å². The average molecular weight is 222 g/mol. The highest BCUT2D eigenvalue weighted by Gasteiger charge is 2.49. The summed E-state index contributed by atoms with van der Waals surface area (Å²) >= 11 is 1.87. The molecular weight excluding hydrogens is 200 g/mol. The predicted molar refractivity (Wildman–Crippen MR) is 68.7 cm³/mol. The van der Waals surface area contributed by atoms with E-state index in [4.69, 9.17) is 0 Å². The molecule has 1 aliphatic carbocycles. The van der Waals surface area contributed by atoms with Gasteiger partial charge in [0.05, 0.1) is 0 Å². The molecule has 0 fully saturated rings. The molecule has 0 saturated carbocycles. The van der Waals surface area contributed by atoms with Gasteiger partial charge in [0.15, 0.2) is 0 Å². The van der Waals surface area contributed by atoms with Crippen molar-refractivity contribution < 1.29 is 0 Å². The molecule has 0 spiro atoms. The third-order valence-corrected chi connectivity index (χ3v) is 4.37. The number of rotatable bonds is 0. The van der Waals surface area contributed by atoms with Crippen LogP contribution in [0.1, 0.15) is 64.5 Å². The van der Waals surface area contributed by atoms with Crippen LogP contribution in [0.5, 0.6) is 0 Å². The van der Waals surface area contributed by atoms with Gasteiger partial charge in [0.25, 0.3) is 0 Å². The van der Waals surface area contributed by atoms with Crippen molar-refractivity contribution in [3.05, 3.63) is 21.9 Å². The van der Waals surface area contributed by atoms with Gasteiger partial charge in [-0.1, -0.05) is 41.5 Å². The zero-order valence-corrected chi connectivity index (χ0v) is 11.5. The summed E-state index contributed by atoms with van der Waals surface area (Å²) in [5, 5.41) is 4.71. The highest BCUT2D eigenvalue weighted by molar-refractivity contribution is 7.08. The first-order valence-electron chi connectivity index (χ1n) is 5.79. The molecule has 0 amide bonds. The van der Waals surface area contributed by atoms with Gasteiger partial charge in [-0.2, -0.15) is 11.3 Å². The van der Waals surface area contributed by atoms with Gasteiger partial charge >= 0.3 is 0 Å². The smallest absolute Gasteiger partial charge is 0.00279 e. The number of thiophene rings is 1. The minimum absolute atomic E-state index is 0.395. The normalized spacial score (nSPS) is 26.0. The molecule has 1 heteroatoms. The molecule has 1 aromatic rings. The van der Waals surface area contributed by atoms with E-state index in [0.717, 1.165) is 11.8 Å².